The fraction of sp³-hybridized carbons (Fsp3) is 0.500. The number of hydrogen-bond acceptors (Lipinski definition) is 4. The first-order chi connectivity index (χ1) is 16.8. The Morgan fingerprint density at radius 1 is 1.03 bits per heavy atom. The summed E-state index contributed by atoms with van der Waals surface area (Å²) >= 11 is 12.6. The van der Waals surface area contributed by atoms with Gasteiger partial charge in [0.15, 0.2) is 0 Å². The Hall–Kier alpha value is -1.41. The van der Waals surface area contributed by atoms with Crippen molar-refractivity contribution in [2.24, 2.45) is 11.8 Å². The van der Waals surface area contributed by atoms with E-state index in [0.717, 1.165) is 20.6 Å². The lowest BCUT2D eigenvalue weighted by atomic mass is 9.86. The summed E-state index contributed by atoms with van der Waals surface area (Å²) in [5.41, 5.74) is 2.26. The predicted octanol–water partition coefficient (Wildman–Crippen LogP) is 8.83. The minimum absolute atomic E-state index is 0.0380. The van der Waals surface area contributed by atoms with Crippen LogP contribution in [0.5, 0.6) is 0 Å². The van der Waals surface area contributed by atoms with Gasteiger partial charge in [-0.05, 0) is 104 Å². The number of nitrogens with zero attached hydrogens (tertiary/aromatic N) is 2. The van der Waals surface area contributed by atoms with Gasteiger partial charge in [0.05, 0.1) is 14.8 Å². The van der Waals surface area contributed by atoms with Crippen molar-refractivity contribution in [2.45, 2.75) is 73.9 Å². The molecule has 2 heterocycles. The van der Waals surface area contributed by atoms with Gasteiger partial charge in [0, 0.05) is 28.1 Å². The third-order valence-corrected chi connectivity index (χ3v) is 9.19. The highest BCUT2D eigenvalue weighted by atomic mass is 79.9. The number of carbonyl (C=O) groups excluding carboxylic acids is 2. The number of amides is 2. The van der Waals surface area contributed by atoms with Crippen molar-refractivity contribution in [2.75, 3.05) is 6.67 Å². The standard InChI is InChI=1S/C28H38BrClN2O2S2/c1-9-24(17(2)3)21(8)32(28(34)20(7)13-23-10-11-26(30)36-23)16-31(18(4)5)27(33)19(6)12-22-14-25(29)35-15-22/h10-15,17-18,21,24H,9,16H2,1-8H3. The van der Waals surface area contributed by atoms with Crippen LogP contribution in [0.3, 0.4) is 0 Å². The van der Waals surface area contributed by atoms with Crippen LogP contribution in [0.1, 0.15) is 72.3 Å². The van der Waals surface area contributed by atoms with Crippen molar-refractivity contribution in [3.63, 3.8) is 0 Å². The Bertz CT molecular complexity index is 1100. The first kappa shape index (κ1) is 30.8. The first-order valence-corrected chi connectivity index (χ1v) is 15.2. The van der Waals surface area contributed by atoms with Crippen LogP contribution < -0.4 is 0 Å². The third kappa shape index (κ3) is 8.30. The minimum Gasteiger partial charge on any atom is -0.319 e. The Morgan fingerprint density at radius 3 is 2.11 bits per heavy atom. The van der Waals surface area contributed by atoms with Crippen molar-refractivity contribution in [1.29, 1.82) is 0 Å². The van der Waals surface area contributed by atoms with E-state index in [0.29, 0.717) is 27.3 Å². The third-order valence-electron chi connectivity index (χ3n) is 6.49. The lowest BCUT2D eigenvalue weighted by Gasteiger charge is -2.41. The summed E-state index contributed by atoms with van der Waals surface area (Å²) < 4.78 is 1.71. The van der Waals surface area contributed by atoms with Gasteiger partial charge in [0.25, 0.3) is 11.8 Å². The van der Waals surface area contributed by atoms with E-state index >= 15 is 0 Å². The van der Waals surface area contributed by atoms with Gasteiger partial charge < -0.3 is 9.80 Å². The number of carbonyl (C=O) groups is 2. The summed E-state index contributed by atoms with van der Waals surface area (Å²) in [5, 5.41) is 2.01. The van der Waals surface area contributed by atoms with Gasteiger partial charge in [-0.25, -0.2) is 0 Å². The summed E-state index contributed by atoms with van der Waals surface area (Å²) in [5.74, 6) is 0.582. The molecule has 0 N–H and O–H groups in total. The topological polar surface area (TPSA) is 40.6 Å². The predicted molar refractivity (Wildman–Crippen MR) is 160 cm³/mol. The molecule has 0 saturated heterocycles. The Kier molecular flexibility index (Phi) is 11.9. The van der Waals surface area contributed by atoms with Gasteiger partial charge in [0.2, 0.25) is 0 Å². The number of hydrogen-bond donors (Lipinski definition) is 0. The number of thiophene rings is 2. The molecule has 0 fully saturated rings. The molecule has 0 spiro atoms. The highest BCUT2D eigenvalue weighted by Gasteiger charge is 2.32. The molecule has 2 aromatic heterocycles. The molecule has 0 aliphatic rings. The van der Waals surface area contributed by atoms with Crippen molar-refractivity contribution in [3.05, 3.63) is 53.3 Å². The zero-order valence-corrected chi connectivity index (χ0v) is 26.4. The second kappa shape index (κ2) is 13.9. The average Bonchev–Trinajstić information content (AvgIpc) is 3.40. The highest BCUT2D eigenvalue weighted by Crippen LogP contribution is 2.28. The molecule has 0 saturated carbocycles. The van der Waals surface area contributed by atoms with Gasteiger partial charge in [0.1, 0.15) is 0 Å². The zero-order chi connectivity index (χ0) is 27.2. The van der Waals surface area contributed by atoms with Crippen LogP contribution in [-0.2, 0) is 9.59 Å². The van der Waals surface area contributed by atoms with E-state index in [9.17, 15) is 9.59 Å². The largest absolute Gasteiger partial charge is 0.319 e. The van der Waals surface area contributed by atoms with E-state index in [1.165, 1.54) is 11.3 Å². The molecule has 0 bridgehead atoms. The molecule has 2 rings (SSSR count). The summed E-state index contributed by atoms with van der Waals surface area (Å²) in [4.78, 5) is 32.1. The van der Waals surface area contributed by atoms with E-state index < -0.39 is 0 Å². The molecule has 4 nitrogen and oxygen atoms in total. The highest BCUT2D eigenvalue weighted by molar-refractivity contribution is 9.11. The number of rotatable bonds is 11. The summed E-state index contributed by atoms with van der Waals surface area (Å²) in [6.07, 6.45) is 4.74. The van der Waals surface area contributed by atoms with Crippen LogP contribution >= 0.6 is 50.2 Å². The molecule has 0 radical (unpaired) electrons. The van der Waals surface area contributed by atoms with Crippen LogP contribution in [0.15, 0.2) is 38.5 Å². The van der Waals surface area contributed by atoms with Crippen molar-refractivity contribution < 1.29 is 9.59 Å². The van der Waals surface area contributed by atoms with E-state index in [2.05, 4.69) is 43.6 Å². The van der Waals surface area contributed by atoms with Crippen LogP contribution in [0.4, 0.5) is 0 Å². The van der Waals surface area contributed by atoms with E-state index in [1.807, 2.05) is 68.3 Å². The fourth-order valence-electron chi connectivity index (χ4n) is 4.45. The van der Waals surface area contributed by atoms with Crippen LogP contribution in [-0.4, -0.2) is 40.4 Å². The summed E-state index contributed by atoms with van der Waals surface area (Å²) in [7, 11) is 0. The maximum absolute atomic E-state index is 13.9. The van der Waals surface area contributed by atoms with E-state index in [1.54, 1.807) is 16.2 Å². The molecular formula is C28H38BrClN2O2S2. The summed E-state index contributed by atoms with van der Waals surface area (Å²) in [6, 6.07) is 5.64. The molecule has 198 valence electrons. The quantitative estimate of drug-likeness (QED) is 0.188. The van der Waals surface area contributed by atoms with Gasteiger partial charge in [-0.1, -0.05) is 38.8 Å². The monoisotopic (exact) mass is 612 g/mol. The Labute approximate surface area is 238 Å². The average molecular weight is 614 g/mol. The molecule has 2 aromatic rings. The first-order valence-electron chi connectivity index (χ1n) is 12.3. The molecule has 2 atom stereocenters. The molecule has 8 heteroatoms. The van der Waals surface area contributed by atoms with E-state index in [4.69, 9.17) is 11.6 Å². The maximum atomic E-state index is 13.9. The molecule has 0 aromatic carbocycles. The van der Waals surface area contributed by atoms with Gasteiger partial charge in [-0.3, -0.25) is 9.59 Å². The molecule has 2 amide bonds. The maximum Gasteiger partial charge on any atom is 0.251 e. The SMILES string of the molecule is CCC(C(C)C)C(C)N(CN(C(=O)C(C)=Cc1csc(Br)c1)C(C)C)C(=O)C(C)=Cc1ccc(Cl)s1. The minimum atomic E-state index is -0.0722. The van der Waals surface area contributed by atoms with Crippen molar-refractivity contribution in [1.82, 2.24) is 9.80 Å². The Balaban J connectivity index is 2.42. The van der Waals surface area contributed by atoms with Gasteiger partial charge in [-0.15, -0.1) is 22.7 Å². The second-order valence-corrected chi connectivity index (χ2v) is 13.9. The molecular weight excluding hydrogens is 576 g/mol. The fourth-order valence-corrected chi connectivity index (χ4v) is 6.65. The molecule has 2 unspecified atom stereocenters. The zero-order valence-electron chi connectivity index (χ0n) is 22.5. The Morgan fingerprint density at radius 2 is 1.64 bits per heavy atom. The molecule has 36 heavy (non-hydrogen) atoms. The molecule has 0 aliphatic heterocycles. The van der Waals surface area contributed by atoms with Crippen molar-refractivity contribution in [3.8, 4) is 0 Å². The van der Waals surface area contributed by atoms with Crippen LogP contribution in [0.2, 0.25) is 4.34 Å². The van der Waals surface area contributed by atoms with Crippen molar-refractivity contribution >= 4 is 74.2 Å². The lowest BCUT2D eigenvalue weighted by molar-refractivity contribution is -0.140. The van der Waals surface area contributed by atoms with Crippen LogP contribution in [0.25, 0.3) is 12.2 Å². The second-order valence-electron chi connectivity index (χ2n) is 9.82. The number of halogens is 2. The van der Waals surface area contributed by atoms with Crippen LogP contribution in [0, 0.1) is 11.8 Å². The van der Waals surface area contributed by atoms with Gasteiger partial charge >= 0.3 is 0 Å². The lowest BCUT2D eigenvalue weighted by Crippen LogP contribution is -2.53. The summed E-state index contributed by atoms with van der Waals surface area (Å²) in [6.45, 7) is 16.6. The normalized spacial score (nSPS) is 14.3. The molecule has 0 aliphatic carbocycles. The van der Waals surface area contributed by atoms with Gasteiger partial charge in [-0.2, -0.15) is 0 Å². The van der Waals surface area contributed by atoms with E-state index in [-0.39, 0.29) is 30.6 Å². The smallest absolute Gasteiger partial charge is 0.251 e.